The molecule has 84 valence electrons. The van der Waals surface area contributed by atoms with Crippen LogP contribution < -0.4 is 9.47 Å². The summed E-state index contributed by atoms with van der Waals surface area (Å²) in [5.74, 6) is 0.0521. The van der Waals surface area contributed by atoms with Crippen molar-refractivity contribution in [2.45, 2.75) is 26.6 Å². The molecule has 0 bridgehead atoms. The Kier molecular flexibility index (Phi) is 4.49. The molecule has 0 aromatic carbocycles. The van der Waals surface area contributed by atoms with E-state index in [9.17, 15) is 8.78 Å². The van der Waals surface area contributed by atoms with Gasteiger partial charge in [-0.15, -0.1) is 0 Å². The molecule has 0 aliphatic carbocycles. The molecule has 1 aromatic heterocycles. The molecular weight excluding hydrogens is 319 g/mol. The second-order valence-electron chi connectivity index (χ2n) is 2.98. The molecule has 6 heteroatoms. The van der Waals surface area contributed by atoms with Crippen molar-refractivity contribution in [2.24, 2.45) is 0 Å². The van der Waals surface area contributed by atoms with E-state index in [0.29, 0.717) is 3.70 Å². The number of alkyl halides is 2. The fourth-order valence-electron chi connectivity index (χ4n) is 0.898. The molecule has 0 spiro atoms. The topological polar surface area (TPSA) is 31.4 Å². The molecule has 1 aromatic rings. The zero-order valence-electron chi connectivity index (χ0n) is 8.21. The maximum atomic E-state index is 12.0. The van der Waals surface area contributed by atoms with Gasteiger partial charge in [-0.1, -0.05) is 0 Å². The standard InChI is InChI=1S/C9H10F2INO2/c1-5(2)14-8-6(15-9(10)11)3-4-7(12)13-8/h3-5,9H,1-2H3. The summed E-state index contributed by atoms with van der Waals surface area (Å²) >= 11 is 1.97. The lowest BCUT2D eigenvalue weighted by atomic mass is 10.4. The molecule has 0 radical (unpaired) electrons. The first-order chi connectivity index (χ1) is 6.99. The molecule has 0 amide bonds. The van der Waals surface area contributed by atoms with Crippen molar-refractivity contribution in [3.63, 3.8) is 0 Å². The van der Waals surface area contributed by atoms with Gasteiger partial charge in [0.25, 0.3) is 5.88 Å². The maximum absolute atomic E-state index is 12.0. The Balaban J connectivity index is 2.92. The van der Waals surface area contributed by atoms with E-state index < -0.39 is 6.61 Å². The van der Waals surface area contributed by atoms with Gasteiger partial charge in [-0.2, -0.15) is 8.78 Å². The first kappa shape index (κ1) is 12.4. The number of aromatic nitrogens is 1. The molecule has 0 N–H and O–H groups in total. The second-order valence-corrected chi connectivity index (χ2v) is 4.09. The van der Waals surface area contributed by atoms with E-state index in [1.165, 1.54) is 6.07 Å². The SMILES string of the molecule is CC(C)Oc1nc(I)ccc1OC(F)F. The molecular formula is C9H10F2INO2. The molecule has 0 unspecified atom stereocenters. The predicted molar refractivity (Wildman–Crippen MR) is 59.4 cm³/mol. The van der Waals surface area contributed by atoms with E-state index in [1.807, 2.05) is 22.6 Å². The Morgan fingerprint density at radius 3 is 2.47 bits per heavy atom. The minimum atomic E-state index is -2.87. The number of pyridine rings is 1. The number of nitrogens with zero attached hydrogens (tertiary/aromatic N) is 1. The monoisotopic (exact) mass is 329 g/mol. The lowest BCUT2D eigenvalue weighted by Gasteiger charge is -2.13. The van der Waals surface area contributed by atoms with Gasteiger partial charge >= 0.3 is 6.61 Å². The number of hydrogen-bond acceptors (Lipinski definition) is 3. The average molecular weight is 329 g/mol. The van der Waals surface area contributed by atoms with Gasteiger partial charge in [0, 0.05) is 0 Å². The molecule has 1 rings (SSSR count). The Labute approximate surface area is 99.9 Å². The quantitative estimate of drug-likeness (QED) is 0.628. The van der Waals surface area contributed by atoms with Crippen LogP contribution in [0, 0.1) is 3.70 Å². The Bertz CT molecular complexity index is 334. The van der Waals surface area contributed by atoms with Crippen LogP contribution in [0.15, 0.2) is 12.1 Å². The van der Waals surface area contributed by atoms with Gasteiger partial charge in [0.15, 0.2) is 5.75 Å². The molecule has 0 saturated carbocycles. The predicted octanol–water partition coefficient (Wildman–Crippen LogP) is 3.07. The lowest BCUT2D eigenvalue weighted by molar-refractivity contribution is -0.0523. The average Bonchev–Trinajstić information content (AvgIpc) is 2.08. The number of halogens is 3. The Morgan fingerprint density at radius 2 is 1.93 bits per heavy atom. The van der Waals surface area contributed by atoms with Gasteiger partial charge in [-0.3, -0.25) is 0 Å². The summed E-state index contributed by atoms with van der Waals surface area (Å²) in [7, 11) is 0. The first-order valence-corrected chi connectivity index (χ1v) is 5.35. The minimum Gasteiger partial charge on any atom is -0.472 e. The fraction of sp³-hybridized carbons (Fsp3) is 0.444. The van der Waals surface area contributed by atoms with Crippen LogP contribution >= 0.6 is 22.6 Å². The van der Waals surface area contributed by atoms with Crippen LogP contribution in [0.1, 0.15) is 13.8 Å². The highest BCUT2D eigenvalue weighted by molar-refractivity contribution is 14.1. The third-order valence-electron chi connectivity index (χ3n) is 1.35. The van der Waals surface area contributed by atoms with Crippen LogP contribution in [0.2, 0.25) is 0 Å². The van der Waals surface area contributed by atoms with Crippen molar-refractivity contribution < 1.29 is 18.3 Å². The van der Waals surface area contributed by atoms with Crippen LogP contribution in [-0.2, 0) is 0 Å². The van der Waals surface area contributed by atoms with Crippen LogP contribution in [0.5, 0.6) is 11.6 Å². The smallest absolute Gasteiger partial charge is 0.387 e. The normalized spacial score (nSPS) is 10.9. The van der Waals surface area contributed by atoms with Gasteiger partial charge in [0.1, 0.15) is 3.70 Å². The molecule has 3 nitrogen and oxygen atoms in total. The van der Waals surface area contributed by atoms with Crippen molar-refractivity contribution in [3.8, 4) is 11.6 Å². The number of hydrogen-bond donors (Lipinski definition) is 0. The van der Waals surface area contributed by atoms with Gasteiger partial charge in [0.05, 0.1) is 6.10 Å². The van der Waals surface area contributed by atoms with Crippen LogP contribution in [0.3, 0.4) is 0 Å². The van der Waals surface area contributed by atoms with E-state index in [2.05, 4.69) is 9.72 Å². The Hall–Kier alpha value is -0.660. The first-order valence-electron chi connectivity index (χ1n) is 4.27. The zero-order valence-corrected chi connectivity index (χ0v) is 10.4. The summed E-state index contributed by atoms with van der Waals surface area (Å²) < 4.78 is 34.2. The van der Waals surface area contributed by atoms with E-state index in [1.54, 1.807) is 19.9 Å². The van der Waals surface area contributed by atoms with Crippen LogP contribution in [0.25, 0.3) is 0 Å². The van der Waals surface area contributed by atoms with Crippen molar-refractivity contribution in [3.05, 3.63) is 15.8 Å². The maximum Gasteiger partial charge on any atom is 0.387 e. The third kappa shape index (κ3) is 4.15. The summed E-state index contributed by atoms with van der Waals surface area (Å²) in [6, 6.07) is 2.99. The summed E-state index contributed by atoms with van der Waals surface area (Å²) in [5, 5.41) is 0. The van der Waals surface area contributed by atoms with Crippen LogP contribution in [-0.4, -0.2) is 17.7 Å². The lowest BCUT2D eigenvalue weighted by Crippen LogP contribution is -2.11. The highest BCUT2D eigenvalue weighted by atomic mass is 127. The van der Waals surface area contributed by atoms with Gasteiger partial charge in [-0.25, -0.2) is 4.98 Å². The summed E-state index contributed by atoms with van der Waals surface area (Å²) in [6.45, 7) is 0.697. The highest BCUT2D eigenvalue weighted by Crippen LogP contribution is 2.27. The second kappa shape index (κ2) is 5.43. The molecule has 0 saturated heterocycles. The largest absolute Gasteiger partial charge is 0.472 e. The van der Waals surface area contributed by atoms with Gasteiger partial charge in [-0.05, 0) is 48.6 Å². The zero-order chi connectivity index (χ0) is 11.4. The number of ether oxygens (including phenoxy) is 2. The molecule has 1 heterocycles. The van der Waals surface area contributed by atoms with Crippen molar-refractivity contribution >= 4 is 22.6 Å². The molecule has 15 heavy (non-hydrogen) atoms. The van der Waals surface area contributed by atoms with Crippen molar-refractivity contribution in [1.29, 1.82) is 0 Å². The molecule has 0 atom stereocenters. The molecule has 0 fully saturated rings. The summed E-state index contributed by atoms with van der Waals surface area (Å²) in [4.78, 5) is 3.97. The minimum absolute atomic E-state index is 0.0425. The molecule has 0 aliphatic rings. The molecule has 0 aliphatic heterocycles. The summed E-state index contributed by atoms with van der Waals surface area (Å²) in [5.41, 5.74) is 0. The Morgan fingerprint density at radius 1 is 1.27 bits per heavy atom. The van der Waals surface area contributed by atoms with Crippen molar-refractivity contribution in [2.75, 3.05) is 0 Å². The number of rotatable bonds is 4. The highest BCUT2D eigenvalue weighted by Gasteiger charge is 2.13. The fourth-order valence-corrected chi connectivity index (χ4v) is 1.30. The van der Waals surface area contributed by atoms with E-state index in [-0.39, 0.29) is 17.7 Å². The third-order valence-corrected chi connectivity index (χ3v) is 1.96. The van der Waals surface area contributed by atoms with Crippen LogP contribution in [0.4, 0.5) is 8.78 Å². The van der Waals surface area contributed by atoms with Gasteiger partial charge in [0.2, 0.25) is 0 Å². The van der Waals surface area contributed by atoms with Crippen molar-refractivity contribution in [1.82, 2.24) is 4.98 Å². The summed E-state index contributed by atoms with van der Waals surface area (Å²) in [6.07, 6.45) is -0.143. The van der Waals surface area contributed by atoms with E-state index >= 15 is 0 Å². The van der Waals surface area contributed by atoms with E-state index in [4.69, 9.17) is 4.74 Å². The van der Waals surface area contributed by atoms with Gasteiger partial charge < -0.3 is 9.47 Å². The van der Waals surface area contributed by atoms with E-state index in [0.717, 1.165) is 0 Å².